The molecule has 0 N–H and O–H groups in total. The third kappa shape index (κ3) is 1.34. The molecular formula is C12H17Cl. The Balaban J connectivity index is 1.76. The van der Waals surface area contributed by atoms with Crippen molar-refractivity contribution in [1.29, 1.82) is 0 Å². The molecule has 0 aliphatic heterocycles. The van der Waals surface area contributed by atoms with Gasteiger partial charge in [-0.15, -0.1) is 11.6 Å². The maximum absolute atomic E-state index is 6.11. The van der Waals surface area contributed by atoms with E-state index in [-0.39, 0.29) is 0 Å². The summed E-state index contributed by atoms with van der Waals surface area (Å²) in [6.07, 6.45) is 10.9. The van der Waals surface area contributed by atoms with Gasteiger partial charge in [-0.25, -0.2) is 0 Å². The topological polar surface area (TPSA) is 0 Å². The van der Waals surface area contributed by atoms with Gasteiger partial charge in [-0.1, -0.05) is 18.1 Å². The van der Waals surface area contributed by atoms with E-state index in [9.17, 15) is 0 Å². The Kier molecular flexibility index (Phi) is 1.94. The fraction of sp³-hybridized carbons (Fsp3) is 0.833. The lowest BCUT2D eigenvalue weighted by Crippen LogP contribution is -2.11. The Morgan fingerprint density at radius 2 is 2.08 bits per heavy atom. The van der Waals surface area contributed by atoms with Gasteiger partial charge < -0.3 is 0 Å². The van der Waals surface area contributed by atoms with Crippen LogP contribution in [-0.4, -0.2) is 5.38 Å². The molecule has 0 aromatic carbocycles. The van der Waals surface area contributed by atoms with Gasteiger partial charge in [-0.3, -0.25) is 0 Å². The molecule has 0 spiro atoms. The van der Waals surface area contributed by atoms with Crippen molar-refractivity contribution in [2.45, 2.75) is 43.9 Å². The van der Waals surface area contributed by atoms with Crippen LogP contribution in [-0.2, 0) is 0 Å². The summed E-state index contributed by atoms with van der Waals surface area (Å²) in [4.78, 5) is 0. The van der Waals surface area contributed by atoms with Crippen molar-refractivity contribution in [2.24, 2.45) is 17.8 Å². The molecule has 0 aromatic rings. The van der Waals surface area contributed by atoms with E-state index in [1.54, 1.807) is 5.57 Å². The van der Waals surface area contributed by atoms with Gasteiger partial charge in [0.1, 0.15) is 0 Å². The number of rotatable bonds is 1. The van der Waals surface area contributed by atoms with Crippen molar-refractivity contribution >= 4 is 11.6 Å². The quantitative estimate of drug-likeness (QED) is 0.443. The second-order valence-electron chi connectivity index (χ2n) is 5.08. The van der Waals surface area contributed by atoms with Gasteiger partial charge in [0, 0.05) is 0 Å². The molecule has 3 rings (SSSR count). The van der Waals surface area contributed by atoms with E-state index in [1.165, 1.54) is 38.5 Å². The summed E-state index contributed by atoms with van der Waals surface area (Å²) in [5.41, 5.74) is 1.72. The van der Waals surface area contributed by atoms with Crippen molar-refractivity contribution in [3.05, 3.63) is 11.6 Å². The average Bonchev–Trinajstić information content (AvgIpc) is 2.77. The first kappa shape index (κ1) is 8.35. The molecule has 2 saturated carbocycles. The molecule has 2 bridgehead atoms. The second kappa shape index (κ2) is 3.02. The van der Waals surface area contributed by atoms with E-state index >= 15 is 0 Å². The Morgan fingerprint density at radius 3 is 2.62 bits per heavy atom. The summed E-state index contributed by atoms with van der Waals surface area (Å²) in [6, 6.07) is 0. The minimum absolute atomic E-state index is 0.356. The third-order valence-corrected chi connectivity index (χ3v) is 4.66. The van der Waals surface area contributed by atoms with Gasteiger partial charge >= 0.3 is 0 Å². The van der Waals surface area contributed by atoms with Crippen LogP contribution < -0.4 is 0 Å². The fourth-order valence-corrected chi connectivity index (χ4v) is 3.98. The highest BCUT2D eigenvalue weighted by atomic mass is 35.5. The minimum atomic E-state index is 0.356. The van der Waals surface area contributed by atoms with Crippen LogP contribution in [0.3, 0.4) is 0 Å². The van der Waals surface area contributed by atoms with Gasteiger partial charge in [0.2, 0.25) is 0 Å². The van der Waals surface area contributed by atoms with Crippen LogP contribution in [0.1, 0.15) is 38.5 Å². The Morgan fingerprint density at radius 1 is 1.15 bits per heavy atom. The van der Waals surface area contributed by atoms with Crippen LogP contribution in [0.15, 0.2) is 11.6 Å². The molecule has 2 fully saturated rings. The van der Waals surface area contributed by atoms with Crippen molar-refractivity contribution in [2.75, 3.05) is 0 Å². The summed E-state index contributed by atoms with van der Waals surface area (Å²) in [5, 5.41) is 0.356. The van der Waals surface area contributed by atoms with E-state index in [4.69, 9.17) is 11.6 Å². The monoisotopic (exact) mass is 196 g/mol. The number of fused-ring (bicyclic) bond motifs is 2. The first-order valence-corrected chi connectivity index (χ1v) is 6.11. The van der Waals surface area contributed by atoms with Gasteiger partial charge in [0.05, 0.1) is 5.38 Å². The Labute approximate surface area is 85.3 Å². The van der Waals surface area contributed by atoms with Crippen LogP contribution in [0.2, 0.25) is 0 Å². The predicted molar refractivity (Wildman–Crippen MR) is 55.9 cm³/mol. The molecule has 0 aromatic heterocycles. The number of hydrogen-bond donors (Lipinski definition) is 0. The standard InChI is InChI=1S/C12H17Cl/c13-11-4-3-10(7-11)12-6-8-1-2-9(12)5-8/h7-9,11-12H,1-6H2. The SMILES string of the molecule is ClC1C=C(C2CC3CCC2C3)CC1. The predicted octanol–water partition coefficient (Wildman–Crippen LogP) is 3.75. The number of alkyl halides is 1. The molecule has 4 atom stereocenters. The minimum Gasteiger partial charge on any atom is -0.118 e. The number of allylic oxidation sites excluding steroid dienone is 2. The van der Waals surface area contributed by atoms with Crippen LogP contribution in [0.5, 0.6) is 0 Å². The molecule has 1 heteroatoms. The lowest BCUT2D eigenvalue weighted by molar-refractivity contribution is 0.373. The zero-order valence-electron chi connectivity index (χ0n) is 8.01. The molecule has 3 aliphatic carbocycles. The largest absolute Gasteiger partial charge is 0.118 e. The van der Waals surface area contributed by atoms with Gasteiger partial charge in [0.15, 0.2) is 0 Å². The first-order chi connectivity index (χ1) is 6.33. The van der Waals surface area contributed by atoms with E-state index in [2.05, 4.69) is 6.08 Å². The zero-order valence-corrected chi connectivity index (χ0v) is 8.76. The van der Waals surface area contributed by atoms with Gasteiger partial charge in [0.25, 0.3) is 0 Å². The molecule has 13 heavy (non-hydrogen) atoms. The summed E-state index contributed by atoms with van der Waals surface area (Å²) in [5.74, 6) is 3.06. The molecule has 0 radical (unpaired) electrons. The van der Waals surface area contributed by atoms with E-state index in [0.29, 0.717) is 5.38 Å². The van der Waals surface area contributed by atoms with Crippen molar-refractivity contribution in [1.82, 2.24) is 0 Å². The molecule has 0 saturated heterocycles. The highest BCUT2D eigenvalue weighted by molar-refractivity contribution is 6.22. The fourth-order valence-electron chi connectivity index (χ4n) is 3.71. The summed E-state index contributed by atoms with van der Waals surface area (Å²) < 4.78 is 0. The molecular weight excluding hydrogens is 180 g/mol. The van der Waals surface area contributed by atoms with Crippen molar-refractivity contribution in [3.8, 4) is 0 Å². The molecule has 4 unspecified atom stereocenters. The Hall–Kier alpha value is 0.0300. The summed E-state index contributed by atoms with van der Waals surface area (Å²) in [6.45, 7) is 0. The third-order valence-electron chi connectivity index (χ3n) is 4.32. The Bertz CT molecular complexity index is 244. The van der Waals surface area contributed by atoms with Crippen molar-refractivity contribution < 1.29 is 0 Å². The lowest BCUT2D eigenvalue weighted by Gasteiger charge is -2.22. The number of hydrogen-bond acceptors (Lipinski definition) is 0. The lowest BCUT2D eigenvalue weighted by atomic mass is 9.83. The molecule has 3 aliphatic rings. The maximum atomic E-state index is 6.11. The van der Waals surface area contributed by atoms with E-state index in [1.807, 2.05) is 0 Å². The highest BCUT2D eigenvalue weighted by Gasteiger charge is 2.41. The van der Waals surface area contributed by atoms with Crippen molar-refractivity contribution in [3.63, 3.8) is 0 Å². The molecule has 0 nitrogen and oxygen atoms in total. The van der Waals surface area contributed by atoms with Gasteiger partial charge in [-0.2, -0.15) is 0 Å². The van der Waals surface area contributed by atoms with Crippen LogP contribution in [0, 0.1) is 17.8 Å². The number of halogens is 1. The van der Waals surface area contributed by atoms with Crippen LogP contribution in [0.25, 0.3) is 0 Å². The average molecular weight is 197 g/mol. The molecule has 72 valence electrons. The normalized spacial score (nSPS) is 48.5. The summed E-state index contributed by atoms with van der Waals surface area (Å²) >= 11 is 6.11. The molecule has 0 heterocycles. The smallest absolute Gasteiger partial charge is 0.0521 e. The second-order valence-corrected chi connectivity index (χ2v) is 5.64. The maximum Gasteiger partial charge on any atom is 0.0521 e. The van der Waals surface area contributed by atoms with Crippen LogP contribution >= 0.6 is 11.6 Å². The van der Waals surface area contributed by atoms with Gasteiger partial charge in [-0.05, 0) is 49.9 Å². The van der Waals surface area contributed by atoms with E-state index < -0.39 is 0 Å². The highest BCUT2D eigenvalue weighted by Crippen LogP contribution is 2.52. The van der Waals surface area contributed by atoms with E-state index in [0.717, 1.165) is 17.8 Å². The zero-order chi connectivity index (χ0) is 8.84. The summed E-state index contributed by atoms with van der Waals surface area (Å²) in [7, 11) is 0. The molecule has 0 amide bonds. The van der Waals surface area contributed by atoms with Crippen LogP contribution in [0.4, 0.5) is 0 Å². The first-order valence-electron chi connectivity index (χ1n) is 5.67.